The van der Waals surface area contributed by atoms with Crippen LogP contribution in [0.25, 0.3) is 0 Å². The normalized spacial score (nSPS) is 38.0. The first-order valence-corrected chi connectivity index (χ1v) is 10.5. The van der Waals surface area contributed by atoms with E-state index in [1.165, 1.54) is 57.7 Å². The van der Waals surface area contributed by atoms with Gasteiger partial charge in [-0.15, -0.1) is 0 Å². The molecular weight excluding hydrogens is 280 g/mol. The van der Waals surface area contributed by atoms with Crippen molar-refractivity contribution in [1.29, 1.82) is 0 Å². The predicted octanol–water partition coefficient (Wildman–Crippen LogP) is 6.51. The van der Waals surface area contributed by atoms with Crippen LogP contribution < -0.4 is 0 Å². The summed E-state index contributed by atoms with van der Waals surface area (Å²) < 4.78 is 0. The van der Waals surface area contributed by atoms with E-state index in [1.807, 2.05) is 0 Å². The van der Waals surface area contributed by atoms with Gasteiger partial charge in [-0.25, -0.2) is 0 Å². The lowest BCUT2D eigenvalue weighted by Gasteiger charge is -2.40. The fourth-order valence-electron chi connectivity index (χ4n) is 5.57. The SMILES string of the molecule is CCC(CCC(C)C1CCC(C=O)CC1)C1CCCC(C)C1C. The zero-order valence-corrected chi connectivity index (χ0v) is 16.1. The van der Waals surface area contributed by atoms with Crippen molar-refractivity contribution >= 4 is 6.29 Å². The number of rotatable bonds is 7. The average Bonchev–Trinajstić information content (AvgIpc) is 2.58. The molecule has 0 bridgehead atoms. The molecule has 0 radical (unpaired) electrons. The van der Waals surface area contributed by atoms with E-state index in [0.717, 1.165) is 48.3 Å². The summed E-state index contributed by atoms with van der Waals surface area (Å²) in [6.45, 7) is 9.88. The fourth-order valence-corrected chi connectivity index (χ4v) is 5.57. The van der Waals surface area contributed by atoms with Gasteiger partial charge in [0.2, 0.25) is 0 Å². The van der Waals surface area contributed by atoms with Crippen molar-refractivity contribution in [2.24, 2.45) is 41.4 Å². The van der Waals surface area contributed by atoms with E-state index in [2.05, 4.69) is 27.7 Å². The third-order valence-corrected chi connectivity index (χ3v) is 7.71. The number of hydrogen-bond donors (Lipinski definition) is 0. The lowest BCUT2D eigenvalue weighted by atomic mass is 9.66. The summed E-state index contributed by atoms with van der Waals surface area (Å²) in [5.41, 5.74) is 0. The van der Waals surface area contributed by atoms with Crippen molar-refractivity contribution in [1.82, 2.24) is 0 Å². The maximum atomic E-state index is 10.9. The Hall–Kier alpha value is -0.330. The van der Waals surface area contributed by atoms with Gasteiger partial charge in [0.25, 0.3) is 0 Å². The summed E-state index contributed by atoms with van der Waals surface area (Å²) in [6.07, 6.45) is 14.7. The Kier molecular flexibility index (Phi) is 7.63. The molecule has 2 saturated carbocycles. The van der Waals surface area contributed by atoms with Crippen LogP contribution in [-0.4, -0.2) is 6.29 Å². The van der Waals surface area contributed by atoms with Gasteiger partial charge < -0.3 is 4.79 Å². The molecule has 23 heavy (non-hydrogen) atoms. The van der Waals surface area contributed by atoms with E-state index >= 15 is 0 Å². The minimum Gasteiger partial charge on any atom is -0.303 e. The van der Waals surface area contributed by atoms with E-state index in [1.54, 1.807) is 0 Å². The highest BCUT2D eigenvalue weighted by atomic mass is 16.1. The van der Waals surface area contributed by atoms with Gasteiger partial charge in [0.15, 0.2) is 0 Å². The minimum absolute atomic E-state index is 0.367. The zero-order valence-electron chi connectivity index (χ0n) is 16.1. The molecule has 0 heterocycles. The van der Waals surface area contributed by atoms with E-state index in [-0.39, 0.29) is 0 Å². The molecule has 0 spiro atoms. The number of aldehydes is 1. The van der Waals surface area contributed by atoms with Gasteiger partial charge in [0.1, 0.15) is 6.29 Å². The highest BCUT2D eigenvalue weighted by Gasteiger charge is 2.32. The Morgan fingerprint density at radius 3 is 2.30 bits per heavy atom. The molecule has 2 rings (SSSR count). The third kappa shape index (κ3) is 5.07. The first kappa shape index (κ1) is 19.0. The highest BCUT2D eigenvalue weighted by molar-refractivity contribution is 5.53. The van der Waals surface area contributed by atoms with Crippen LogP contribution in [0, 0.1) is 41.4 Å². The molecule has 134 valence electrons. The van der Waals surface area contributed by atoms with Gasteiger partial charge in [-0.05, 0) is 74.0 Å². The largest absolute Gasteiger partial charge is 0.303 e. The molecule has 0 saturated heterocycles. The van der Waals surface area contributed by atoms with E-state index < -0.39 is 0 Å². The number of hydrogen-bond acceptors (Lipinski definition) is 1. The van der Waals surface area contributed by atoms with E-state index in [9.17, 15) is 4.79 Å². The highest BCUT2D eigenvalue weighted by Crippen LogP contribution is 2.42. The van der Waals surface area contributed by atoms with Crippen LogP contribution in [0.5, 0.6) is 0 Å². The summed E-state index contributed by atoms with van der Waals surface area (Å²) in [5.74, 6) is 5.87. The van der Waals surface area contributed by atoms with Crippen LogP contribution in [0.3, 0.4) is 0 Å². The molecule has 0 aromatic rings. The first-order valence-electron chi connectivity index (χ1n) is 10.5. The molecule has 5 atom stereocenters. The molecule has 0 aliphatic heterocycles. The molecule has 2 fully saturated rings. The lowest BCUT2D eigenvalue weighted by molar-refractivity contribution is -0.112. The Balaban J connectivity index is 1.79. The standard InChI is InChI=1S/C22H40O/c1-5-20(22-8-6-7-16(2)18(22)4)12-9-17(3)21-13-10-19(15-23)11-14-21/h15-22H,5-14H2,1-4H3. The molecule has 0 N–H and O–H groups in total. The Labute approximate surface area is 145 Å². The van der Waals surface area contributed by atoms with Crippen LogP contribution >= 0.6 is 0 Å². The molecule has 1 heteroatoms. The number of carbonyl (C=O) groups excluding carboxylic acids is 1. The molecule has 2 aliphatic carbocycles. The maximum Gasteiger partial charge on any atom is 0.123 e. The summed E-state index contributed by atoms with van der Waals surface area (Å²) in [7, 11) is 0. The average molecular weight is 321 g/mol. The van der Waals surface area contributed by atoms with Gasteiger partial charge in [-0.1, -0.05) is 53.4 Å². The predicted molar refractivity (Wildman–Crippen MR) is 99.4 cm³/mol. The molecule has 5 unspecified atom stereocenters. The summed E-state index contributed by atoms with van der Waals surface area (Å²) in [5, 5.41) is 0. The molecule has 0 amide bonds. The molecular formula is C22H40O. The second kappa shape index (κ2) is 9.23. The van der Waals surface area contributed by atoms with Crippen molar-refractivity contribution < 1.29 is 4.79 Å². The van der Waals surface area contributed by atoms with E-state index in [4.69, 9.17) is 0 Å². The molecule has 0 aromatic heterocycles. The number of carbonyl (C=O) groups is 1. The smallest absolute Gasteiger partial charge is 0.123 e. The van der Waals surface area contributed by atoms with Crippen LogP contribution in [0.4, 0.5) is 0 Å². The first-order chi connectivity index (χ1) is 11.1. The van der Waals surface area contributed by atoms with Gasteiger partial charge in [-0.2, -0.15) is 0 Å². The topological polar surface area (TPSA) is 17.1 Å². The molecule has 1 nitrogen and oxygen atoms in total. The van der Waals surface area contributed by atoms with Gasteiger partial charge in [0, 0.05) is 5.92 Å². The molecule has 0 aromatic carbocycles. The third-order valence-electron chi connectivity index (χ3n) is 7.71. The lowest BCUT2D eigenvalue weighted by Crippen LogP contribution is -2.30. The minimum atomic E-state index is 0.367. The van der Waals surface area contributed by atoms with Gasteiger partial charge in [-0.3, -0.25) is 0 Å². The second-order valence-corrected chi connectivity index (χ2v) is 8.97. The van der Waals surface area contributed by atoms with Crippen LogP contribution in [0.1, 0.15) is 91.9 Å². The summed E-state index contributed by atoms with van der Waals surface area (Å²) >= 11 is 0. The maximum absolute atomic E-state index is 10.9. The summed E-state index contributed by atoms with van der Waals surface area (Å²) in [4.78, 5) is 10.9. The zero-order chi connectivity index (χ0) is 16.8. The second-order valence-electron chi connectivity index (χ2n) is 8.97. The summed E-state index contributed by atoms with van der Waals surface area (Å²) in [6, 6.07) is 0. The Morgan fingerprint density at radius 2 is 1.70 bits per heavy atom. The van der Waals surface area contributed by atoms with Gasteiger partial charge >= 0.3 is 0 Å². The van der Waals surface area contributed by atoms with E-state index in [0.29, 0.717) is 5.92 Å². The fraction of sp³-hybridized carbons (Fsp3) is 0.955. The van der Waals surface area contributed by atoms with Gasteiger partial charge in [0.05, 0.1) is 0 Å². The van der Waals surface area contributed by atoms with Crippen molar-refractivity contribution in [3.63, 3.8) is 0 Å². The van der Waals surface area contributed by atoms with Crippen molar-refractivity contribution in [3.8, 4) is 0 Å². The van der Waals surface area contributed by atoms with Crippen LogP contribution in [0.15, 0.2) is 0 Å². The quantitative estimate of drug-likeness (QED) is 0.489. The Morgan fingerprint density at radius 1 is 1.00 bits per heavy atom. The van der Waals surface area contributed by atoms with Crippen molar-refractivity contribution in [2.75, 3.05) is 0 Å². The van der Waals surface area contributed by atoms with Crippen molar-refractivity contribution in [3.05, 3.63) is 0 Å². The monoisotopic (exact) mass is 320 g/mol. The molecule has 2 aliphatic rings. The van der Waals surface area contributed by atoms with Crippen molar-refractivity contribution in [2.45, 2.75) is 91.9 Å². The Bertz CT molecular complexity index is 342. The van der Waals surface area contributed by atoms with Crippen LogP contribution in [0.2, 0.25) is 0 Å². The van der Waals surface area contributed by atoms with Crippen LogP contribution in [-0.2, 0) is 4.79 Å².